The zero-order chi connectivity index (χ0) is 13.3. The number of nitrogens with zero attached hydrogens (tertiary/aromatic N) is 1. The van der Waals surface area contributed by atoms with Crippen LogP contribution in [-0.2, 0) is 0 Å². The van der Waals surface area contributed by atoms with Crippen molar-refractivity contribution in [2.24, 2.45) is 0 Å². The summed E-state index contributed by atoms with van der Waals surface area (Å²) < 4.78 is 0.811. The molecule has 0 saturated carbocycles. The number of carbonyl (C=O) groups excluding carboxylic acids is 1. The van der Waals surface area contributed by atoms with Gasteiger partial charge in [-0.2, -0.15) is 0 Å². The molecule has 4 heteroatoms. The normalized spacial score (nSPS) is 23.4. The summed E-state index contributed by atoms with van der Waals surface area (Å²) in [6, 6.07) is 6.03. The van der Waals surface area contributed by atoms with Crippen LogP contribution in [0.15, 0.2) is 22.7 Å². The van der Waals surface area contributed by atoms with E-state index in [2.05, 4.69) is 29.8 Å². The third-order valence-corrected chi connectivity index (χ3v) is 4.58. The number of halogens is 2. The fourth-order valence-electron chi connectivity index (χ4n) is 2.64. The Kier molecular flexibility index (Phi) is 4.33. The van der Waals surface area contributed by atoms with E-state index < -0.39 is 0 Å². The van der Waals surface area contributed by atoms with Gasteiger partial charge in [0.2, 0.25) is 0 Å². The van der Waals surface area contributed by atoms with Crippen molar-refractivity contribution in [3.8, 4) is 0 Å². The maximum Gasteiger partial charge on any atom is 0.255 e. The highest BCUT2D eigenvalue weighted by Gasteiger charge is 2.34. The van der Waals surface area contributed by atoms with Crippen molar-refractivity contribution >= 4 is 33.4 Å². The Balaban J connectivity index is 2.32. The Labute approximate surface area is 121 Å². The van der Waals surface area contributed by atoms with E-state index >= 15 is 0 Å². The number of amides is 1. The van der Waals surface area contributed by atoms with Crippen LogP contribution >= 0.6 is 27.5 Å². The molecular weight excluding hydrogens is 314 g/mol. The van der Waals surface area contributed by atoms with Gasteiger partial charge in [0.25, 0.3) is 5.91 Å². The predicted molar refractivity (Wildman–Crippen MR) is 78.1 cm³/mol. The molecule has 1 aliphatic rings. The van der Waals surface area contributed by atoms with Gasteiger partial charge in [0.1, 0.15) is 0 Å². The van der Waals surface area contributed by atoms with Crippen molar-refractivity contribution in [1.82, 2.24) is 4.90 Å². The van der Waals surface area contributed by atoms with Gasteiger partial charge in [-0.25, -0.2) is 0 Å². The maximum absolute atomic E-state index is 12.6. The van der Waals surface area contributed by atoms with Gasteiger partial charge in [0.15, 0.2) is 0 Å². The van der Waals surface area contributed by atoms with Crippen LogP contribution < -0.4 is 0 Å². The Hall–Kier alpha value is -0.540. The zero-order valence-electron chi connectivity index (χ0n) is 10.6. The third kappa shape index (κ3) is 2.57. The van der Waals surface area contributed by atoms with Crippen molar-refractivity contribution < 1.29 is 4.79 Å². The molecule has 0 aliphatic carbocycles. The van der Waals surface area contributed by atoms with Crippen LogP contribution in [0.5, 0.6) is 0 Å². The molecule has 2 unspecified atom stereocenters. The summed E-state index contributed by atoms with van der Waals surface area (Å²) in [6.45, 7) is 4.25. The molecule has 2 nitrogen and oxygen atoms in total. The van der Waals surface area contributed by atoms with Gasteiger partial charge in [0, 0.05) is 21.6 Å². The minimum Gasteiger partial charge on any atom is -0.333 e. The average Bonchev–Trinajstić information content (AvgIpc) is 2.72. The van der Waals surface area contributed by atoms with E-state index in [1.807, 2.05) is 11.0 Å². The molecule has 0 radical (unpaired) electrons. The van der Waals surface area contributed by atoms with E-state index in [0.29, 0.717) is 22.7 Å². The van der Waals surface area contributed by atoms with E-state index in [-0.39, 0.29) is 5.91 Å². The number of hydrogen-bond donors (Lipinski definition) is 0. The maximum atomic E-state index is 12.6. The third-order valence-electron chi connectivity index (χ3n) is 3.65. The number of benzene rings is 1. The molecular formula is C14H17BrClNO. The highest BCUT2D eigenvalue weighted by molar-refractivity contribution is 9.10. The second kappa shape index (κ2) is 5.62. The molecule has 1 aliphatic heterocycles. The topological polar surface area (TPSA) is 20.3 Å². The Morgan fingerprint density at radius 1 is 1.50 bits per heavy atom. The minimum absolute atomic E-state index is 0.0845. The van der Waals surface area contributed by atoms with Gasteiger partial charge in [-0.05, 0) is 60.3 Å². The van der Waals surface area contributed by atoms with E-state index in [0.717, 1.165) is 23.7 Å². The van der Waals surface area contributed by atoms with Crippen LogP contribution in [0.2, 0.25) is 5.02 Å². The summed E-state index contributed by atoms with van der Waals surface area (Å²) in [4.78, 5) is 14.6. The van der Waals surface area contributed by atoms with Gasteiger partial charge in [-0.3, -0.25) is 4.79 Å². The van der Waals surface area contributed by atoms with Gasteiger partial charge in [0.05, 0.1) is 5.56 Å². The van der Waals surface area contributed by atoms with Crippen molar-refractivity contribution in [2.45, 2.75) is 45.2 Å². The first-order valence-electron chi connectivity index (χ1n) is 6.32. The first kappa shape index (κ1) is 13.9. The van der Waals surface area contributed by atoms with Crippen molar-refractivity contribution in [1.29, 1.82) is 0 Å². The quantitative estimate of drug-likeness (QED) is 0.781. The van der Waals surface area contributed by atoms with Crippen molar-refractivity contribution in [3.63, 3.8) is 0 Å². The lowest BCUT2D eigenvalue weighted by Crippen LogP contribution is -2.39. The van der Waals surface area contributed by atoms with Crippen LogP contribution in [0.25, 0.3) is 0 Å². The highest BCUT2D eigenvalue weighted by Crippen LogP contribution is 2.30. The Morgan fingerprint density at radius 2 is 2.22 bits per heavy atom. The van der Waals surface area contributed by atoms with E-state index in [1.165, 1.54) is 0 Å². The molecule has 0 aromatic heterocycles. The van der Waals surface area contributed by atoms with Crippen molar-refractivity contribution in [3.05, 3.63) is 33.3 Å². The summed E-state index contributed by atoms with van der Waals surface area (Å²) in [5.41, 5.74) is 0.662. The molecule has 1 aromatic rings. The Bertz CT molecular complexity index is 463. The smallest absolute Gasteiger partial charge is 0.255 e. The number of hydrogen-bond acceptors (Lipinski definition) is 1. The Morgan fingerprint density at radius 3 is 2.89 bits per heavy atom. The summed E-state index contributed by atoms with van der Waals surface area (Å²) in [7, 11) is 0. The molecule has 98 valence electrons. The SMILES string of the molecule is CCC1CCC(C)N1C(=O)c1cc(Cl)ccc1Br. The van der Waals surface area contributed by atoms with Crippen molar-refractivity contribution in [2.75, 3.05) is 0 Å². The molecule has 1 aromatic carbocycles. The molecule has 1 fully saturated rings. The average molecular weight is 331 g/mol. The lowest BCUT2D eigenvalue weighted by atomic mass is 10.1. The van der Waals surface area contributed by atoms with Gasteiger partial charge in [-0.15, -0.1) is 0 Å². The van der Waals surface area contributed by atoms with Gasteiger partial charge < -0.3 is 4.90 Å². The van der Waals surface area contributed by atoms with E-state index in [1.54, 1.807) is 12.1 Å². The van der Waals surface area contributed by atoms with Gasteiger partial charge in [-0.1, -0.05) is 18.5 Å². The molecule has 2 atom stereocenters. The summed E-state index contributed by atoms with van der Waals surface area (Å²) in [5.74, 6) is 0.0845. The van der Waals surface area contributed by atoms with Gasteiger partial charge >= 0.3 is 0 Å². The zero-order valence-corrected chi connectivity index (χ0v) is 13.0. The molecule has 1 amide bonds. The summed E-state index contributed by atoms with van der Waals surface area (Å²) in [5, 5.41) is 0.599. The second-order valence-corrected chi connectivity index (χ2v) is 6.12. The molecule has 1 heterocycles. The fraction of sp³-hybridized carbons (Fsp3) is 0.500. The molecule has 2 rings (SSSR count). The largest absolute Gasteiger partial charge is 0.333 e. The highest BCUT2D eigenvalue weighted by atomic mass is 79.9. The number of likely N-dealkylation sites (tertiary alicyclic amines) is 1. The van der Waals surface area contributed by atoms with E-state index in [4.69, 9.17) is 11.6 Å². The van der Waals surface area contributed by atoms with Crippen LogP contribution in [-0.4, -0.2) is 22.9 Å². The lowest BCUT2D eigenvalue weighted by Gasteiger charge is -2.28. The van der Waals surface area contributed by atoms with Crippen LogP contribution in [0, 0.1) is 0 Å². The molecule has 1 saturated heterocycles. The number of rotatable bonds is 2. The predicted octanol–water partition coefficient (Wildman–Crippen LogP) is 4.51. The molecule has 0 bridgehead atoms. The van der Waals surface area contributed by atoms with Crippen LogP contribution in [0.4, 0.5) is 0 Å². The fourth-order valence-corrected chi connectivity index (χ4v) is 3.23. The molecule has 18 heavy (non-hydrogen) atoms. The summed E-state index contributed by atoms with van der Waals surface area (Å²) in [6.07, 6.45) is 3.19. The monoisotopic (exact) mass is 329 g/mol. The lowest BCUT2D eigenvalue weighted by molar-refractivity contribution is 0.0675. The summed E-state index contributed by atoms with van der Waals surface area (Å²) >= 11 is 9.42. The number of carbonyl (C=O) groups is 1. The first-order valence-corrected chi connectivity index (χ1v) is 7.49. The standard InChI is InChI=1S/C14H17BrClNO/c1-3-11-6-4-9(2)17(11)14(18)12-8-10(16)5-7-13(12)15/h5,7-9,11H,3-4,6H2,1-2H3. The first-order chi connectivity index (χ1) is 8.54. The van der Waals surface area contributed by atoms with E-state index in [9.17, 15) is 4.79 Å². The second-order valence-electron chi connectivity index (χ2n) is 4.83. The van der Waals surface area contributed by atoms with Crippen LogP contribution in [0.3, 0.4) is 0 Å². The van der Waals surface area contributed by atoms with Crippen LogP contribution in [0.1, 0.15) is 43.5 Å². The minimum atomic E-state index is 0.0845. The molecule has 0 N–H and O–H groups in total. The molecule has 0 spiro atoms.